The van der Waals surface area contributed by atoms with Gasteiger partial charge in [0.15, 0.2) is 0 Å². The van der Waals surface area contributed by atoms with Crippen LogP contribution in [-0.4, -0.2) is 5.11 Å². The summed E-state index contributed by atoms with van der Waals surface area (Å²) in [5, 5.41) is 8.51. The Bertz CT molecular complexity index is 626. The second kappa shape index (κ2) is 4.04. The van der Waals surface area contributed by atoms with Gasteiger partial charge in [-0.25, -0.2) is 0 Å². The van der Waals surface area contributed by atoms with Crippen LogP contribution in [0.15, 0.2) is 30.3 Å². The zero-order chi connectivity index (χ0) is 14.4. The van der Waals surface area contributed by atoms with E-state index >= 15 is 0 Å². The van der Waals surface area contributed by atoms with Crippen LogP contribution in [0.2, 0.25) is 0 Å². The molecule has 0 aliphatic carbocycles. The molecule has 0 spiro atoms. The van der Waals surface area contributed by atoms with Gasteiger partial charge in [0.05, 0.1) is 11.1 Å². The van der Waals surface area contributed by atoms with Crippen LogP contribution >= 0.6 is 0 Å². The fourth-order valence-electron chi connectivity index (χ4n) is 1.80. The molecule has 0 atom stereocenters. The minimum absolute atomic E-state index is 0.289. The molecule has 102 valence electrons. The monoisotopic (exact) mass is 280 g/mol. The van der Waals surface area contributed by atoms with Crippen LogP contribution in [0.4, 0.5) is 26.3 Å². The Morgan fingerprint density at radius 3 is 2.00 bits per heavy atom. The van der Waals surface area contributed by atoms with Crippen LogP contribution in [0, 0.1) is 0 Å². The summed E-state index contributed by atoms with van der Waals surface area (Å²) < 4.78 is 75.6. The Morgan fingerprint density at radius 2 is 1.47 bits per heavy atom. The highest BCUT2D eigenvalue weighted by atomic mass is 19.4. The molecule has 1 N–H and O–H groups in total. The number of hydrogen-bond acceptors (Lipinski definition) is 1. The number of phenols is 1. The molecule has 0 saturated carbocycles. The summed E-state index contributed by atoms with van der Waals surface area (Å²) in [6.45, 7) is 0. The van der Waals surface area contributed by atoms with Gasteiger partial charge >= 0.3 is 12.4 Å². The van der Waals surface area contributed by atoms with E-state index < -0.39 is 34.6 Å². The van der Waals surface area contributed by atoms with Crippen molar-refractivity contribution in [3.05, 3.63) is 41.5 Å². The molecule has 0 saturated heterocycles. The van der Waals surface area contributed by atoms with E-state index in [4.69, 9.17) is 0 Å². The zero-order valence-electron chi connectivity index (χ0n) is 9.10. The highest BCUT2D eigenvalue weighted by Crippen LogP contribution is 2.41. The SMILES string of the molecule is Oc1cc(C(F)(F)F)cc2cccc(C(F)(F)F)c12. The van der Waals surface area contributed by atoms with Crippen molar-refractivity contribution in [2.75, 3.05) is 0 Å². The number of hydrogen-bond donors (Lipinski definition) is 1. The van der Waals surface area contributed by atoms with Crippen molar-refractivity contribution in [3.8, 4) is 5.75 Å². The van der Waals surface area contributed by atoms with Gasteiger partial charge in [0.1, 0.15) is 5.75 Å². The van der Waals surface area contributed by atoms with Crippen LogP contribution in [-0.2, 0) is 12.4 Å². The lowest BCUT2D eigenvalue weighted by Gasteiger charge is -2.14. The Morgan fingerprint density at radius 1 is 0.842 bits per heavy atom. The van der Waals surface area contributed by atoms with E-state index in [2.05, 4.69) is 0 Å². The number of benzene rings is 2. The highest BCUT2D eigenvalue weighted by molar-refractivity contribution is 5.92. The average Bonchev–Trinajstić information content (AvgIpc) is 2.25. The molecule has 1 nitrogen and oxygen atoms in total. The molecule has 2 aromatic carbocycles. The van der Waals surface area contributed by atoms with Gasteiger partial charge in [-0.3, -0.25) is 0 Å². The lowest BCUT2D eigenvalue weighted by molar-refractivity contribution is -0.137. The van der Waals surface area contributed by atoms with Gasteiger partial charge in [-0.15, -0.1) is 0 Å². The van der Waals surface area contributed by atoms with E-state index in [1.165, 1.54) is 0 Å². The number of rotatable bonds is 0. The Balaban J connectivity index is 2.81. The van der Waals surface area contributed by atoms with Gasteiger partial charge in [0.2, 0.25) is 0 Å². The van der Waals surface area contributed by atoms with Gasteiger partial charge in [0.25, 0.3) is 0 Å². The summed E-state index contributed by atoms with van der Waals surface area (Å²) in [5.74, 6) is -1.04. The number of fused-ring (bicyclic) bond motifs is 1. The van der Waals surface area contributed by atoms with E-state index in [1.807, 2.05) is 0 Å². The topological polar surface area (TPSA) is 20.2 Å². The molecular formula is C12H6F6O. The largest absolute Gasteiger partial charge is 0.507 e. The van der Waals surface area contributed by atoms with Crippen molar-refractivity contribution < 1.29 is 31.4 Å². The molecule has 0 aromatic heterocycles. The van der Waals surface area contributed by atoms with Crippen LogP contribution in [0.1, 0.15) is 11.1 Å². The predicted molar refractivity (Wildman–Crippen MR) is 55.6 cm³/mol. The van der Waals surface area contributed by atoms with E-state index in [-0.39, 0.29) is 11.5 Å². The Kier molecular flexibility index (Phi) is 2.87. The highest BCUT2D eigenvalue weighted by Gasteiger charge is 2.35. The zero-order valence-corrected chi connectivity index (χ0v) is 9.10. The lowest BCUT2D eigenvalue weighted by Crippen LogP contribution is -2.08. The Hall–Kier alpha value is -1.92. The molecule has 0 aliphatic heterocycles. The number of aromatic hydroxyl groups is 1. The first-order valence-electron chi connectivity index (χ1n) is 5.01. The van der Waals surface area contributed by atoms with Crippen molar-refractivity contribution in [1.82, 2.24) is 0 Å². The van der Waals surface area contributed by atoms with Crippen molar-refractivity contribution in [3.63, 3.8) is 0 Å². The summed E-state index contributed by atoms with van der Waals surface area (Å²) in [6.07, 6.45) is -9.49. The van der Waals surface area contributed by atoms with E-state index in [9.17, 15) is 31.4 Å². The first-order chi connectivity index (χ1) is 8.60. The van der Waals surface area contributed by atoms with Crippen LogP contribution in [0.5, 0.6) is 5.75 Å². The van der Waals surface area contributed by atoms with Crippen LogP contribution in [0.25, 0.3) is 10.8 Å². The summed E-state index contributed by atoms with van der Waals surface area (Å²) in [4.78, 5) is 0. The normalized spacial score (nSPS) is 12.9. The molecule has 0 fully saturated rings. The third-order valence-corrected chi connectivity index (χ3v) is 2.59. The standard InChI is InChI=1S/C12H6F6O/c13-11(14,15)7-4-6-2-1-3-8(12(16,17)18)10(6)9(19)5-7/h1-5,19H. The van der Waals surface area contributed by atoms with Crippen molar-refractivity contribution in [2.24, 2.45) is 0 Å². The van der Waals surface area contributed by atoms with Gasteiger partial charge in [-0.2, -0.15) is 26.3 Å². The maximum Gasteiger partial charge on any atom is 0.417 e. The lowest BCUT2D eigenvalue weighted by atomic mass is 10.0. The molecule has 7 heteroatoms. The maximum absolute atomic E-state index is 12.7. The van der Waals surface area contributed by atoms with E-state index in [0.717, 1.165) is 12.1 Å². The molecule has 19 heavy (non-hydrogen) atoms. The minimum atomic E-state index is -4.75. The molecule has 0 aliphatic rings. The molecule has 2 aromatic rings. The molecular weight excluding hydrogens is 274 g/mol. The van der Waals surface area contributed by atoms with Gasteiger partial charge in [-0.1, -0.05) is 12.1 Å². The summed E-state index contributed by atoms with van der Waals surface area (Å²) in [7, 11) is 0. The first-order valence-corrected chi connectivity index (χ1v) is 5.01. The van der Waals surface area contributed by atoms with Crippen LogP contribution in [0.3, 0.4) is 0 Å². The maximum atomic E-state index is 12.7. The third kappa shape index (κ3) is 2.45. The van der Waals surface area contributed by atoms with Crippen molar-refractivity contribution >= 4 is 10.8 Å². The molecule has 0 amide bonds. The molecule has 0 heterocycles. The number of phenolic OH excluding ortho intramolecular Hbond substituents is 1. The molecule has 0 bridgehead atoms. The fraction of sp³-hybridized carbons (Fsp3) is 0.167. The van der Waals surface area contributed by atoms with Gasteiger partial charge < -0.3 is 5.11 Å². The smallest absolute Gasteiger partial charge is 0.417 e. The Labute approximate surface area is 103 Å². The van der Waals surface area contributed by atoms with Gasteiger partial charge in [-0.05, 0) is 23.6 Å². The third-order valence-electron chi connectivity index (χ3n) is 2.59. The minimum Gasteiger partial charge on any atom is -0.507 e. The molecule has 2 rings (SSSR count). The summed E-state index contributed by atoms with van der Waals surface area (Å²) >= 11 is 0. The van der Waals surface area contributed by atoms with Crippen molar-refractivity contribution in [2.45, 2.75) is 12.4 Å². The first kappa shape index (κ1) is 13.5. The number of halogens is 6. The summed E-state index contributed by atoms with van der Waals surface area (Å²) in [5.41, 5.74) is -2.37. The second-order valence-corrected chi connectivity index (χ2v) is 3.89. The summed E-state index contributed by atoms with van der Waals surface area (Å²) in [6, 6.07) is 3.64. The fourth-order valence-corrected chi connectivity index (χ4v) is 1.80. The quantitative estimate of drug-likeness (QED) is 0.700. The second-order valence-electron chi connectivity index (χ2n) is 3.89. The van der Waals surface area contributed by atoms with Crippen molar-refractivity contribution in [1.29, 1.82) is 0 Å². The predicted octanol–water partition coefficient (Wildman–Crippen LogP) is 4.58. The number of alkyl halides is 6. The van der Waals surface area contributed by atoms with E-state index in [1.54, 1.807) is 0 Å². The molecule has 0 unspecified atom stereocenters. The van der Waals surface area contributed by atoms with Crippen LogP contribution < -0.4 is 0 Å². The van der Waals surface area contributed by atoms with Gasteiger partial charge in [0, 0.05) is 5.39 Å². The van der Waals surface area contributed by atoms with E-state index in [0.29, 0.717) is 12.1 Å². The average molecular weight is 280 g/mol. The molecule has 0 radical (unpaired) electrons.